The lowest BCUT2D eigenvalue weighted by molar-refractivity contribution is -0.142. The van der Waals surface area contributed by atoms with E-state index < -0.39 is 6.04 Å². The van der Waals surface area contributed by atoms with Crippen molar-refractivity contribution in [2.45, 2.75) is 59.0 Å². The fourth-order valence-corrected chi connectivity index (χ4v) is 3.75. The molecule has 2 aromatic carbocycles. The maximum Gasteiger partial charge on any atom is 0.261 e. The molecule has 33 heavy (non-hydrogen) atoms. The Labute approximate surface area is 205 Å². The number of benzene rings is 2. The molecular weight excluding hydrogens is 484 g/mol. The van der Waals surface area contributed by atoms with E-state index >= 15 is 0 Å². The summed E-state index contributed by atoms with van der Waals surface area (Å²) in [7, 11) is 1.60. The molecule has 0 aliphatic carbocycles. The van der Waals surface area contributed by atoms with Crippen LogP contribution in [0.15, 0.2) is 46.9 Å². The largest absolute Gasteiger partial charge is 0.497 e. The predicted octanol–water partition coefficient (Wildman–Crippen LogP) is 5.08. The van der Waals surface area contributed by atoms with Crippen LogP contribution in [0.4, 0.5) is 0 Å². The highest BCUT2D eigenvalue weighted by molar-refractivity contribution is 9.10. The molecule has 0 aliphatic rings. The zero-order valence-electron chi connectivity index (χ0n) is 20.4. The molecule has 0 fully saturated rings. The summed E-state index contributed by atoms with van der Waals surface area (Å²) in [4.78, 5) is 27.4. The van der Waals surface area contributed by atoms with Crippen molar-refractivity contribution >= 4 is 27.7 Å². The molecule has 0 bridgehead atoms. The van der Waals surface area contributed by atoms with Crippen molar-refractivity contribution in [2.24, 2.45) is 0 Å². The van der Waals surface area contributed by atoms with Gasteiger partial charge in [-0.05, 0) is 70.1 Å². The second kappa shape index (κ2) is 12.1. The summed E-state index contributed by atoms with van der Waals surface area (Å²) < 4.78 is 11.9. The van der Waals surface area contributed by atoms with E-state index in [9.17, 15) is 9.59 Å². The lowest BCUT2D eigenvalue weighted by Crippen LogP contribution is -2.49. The highest BCUT2D eigenvalue weighted by Gasteiger charge is 2.26. The molecule has 6 nitrogen and oxygen atoms in total. The molecule has 1 N–H and O–H groups in total. The first-order valence-corrected chi connectivity index (χ1v) is 12.0. The smallest absolute Gasteiger partial charge is 0.261 e. The first-order valence-electron chi connectivity index (χ1n) is 11.2. The highest BCUT2D eigenvalue weighted by Crippen LogP contribution is 2.31. The average Bonchev–Trinajstić information content (AvgIpc) is 2.78. The summed E-state index contributed by atoms with van der Waals surface area (Å²) in [5.41, 5.74) is 2.04. The van der Waals surface area contributed by atoms with Crippen molar-refractivity contribution in [1.82, 2.24) is 10.2 Å². The van der Waals surface area contributed by atoms with E-state index in [0.29, 0.717) is 18.0 Å². The van der Waals surface area contributed by atoms with Crippen LogP contribution in [-0.4, -0.2) is 43.0 Å². The zero-order valence-corrected chi connectivity index (χ0v) is 22.0. The molecule has 7 heteroatoms. The van der Waals surface area contributed by atoms with Gasteiger partial charge in [-0.25, -0.2) is 0 Å². The quantitative estimate of drug-likeness (QED) is 0.476. The van der Waals surface area contributed by atoms with Gasteiger partial charge in [0.1, 0.15) is 17.5 Å². The number of rotatable bonds is 10. The number of amides is 2. The van der Waals surface area contributed by atoms with Crippen molar-refractivity contribution < 1.29 is 19.1 Å². The average molecular weight is 519 g/mol. The Bertz CT molecular complexity index is 956. The molecular formula is C26H35BrN2O4. The van der Waals surface area contributed by atoms with Crippen LogP contribution in [0.2, 0.25) is 0 Å². The van der Waals surface area contributed by atoms with Gasteiger partial charge >= 0.3 is 0 Å². The number of carbonyl (C=O) groups is 2. The summed E-state index contributed by atoms with van der Waals surface area (Å²) >= 11 is 3.55. The standard InChI is InChI=1S/C26H35BrN2O4/c1-7-13-28-25(31)18(2)29(16-19-9-8-10-21(14-19)32-6)24(30)17-33-23-12-11-20(15-22(23)27)26(3,4)5/h8-12,14-15,18H,7,13,16-17H2,1-6H3,(H,28,31)/t18-/m1/s1. The molecule has 0 heterocycles. The fourth-order valence-electron chi connectivity index (χ4n) is 3.25. The Hall–Kier alpha value is -2.54. The van der Waals surface area contributed by atoms with Crippen LogP contribution >= 0.6 is 15.9 Å². The molecule has 0 aliphatic heterocycles. The summed E-state index contributed by atoms with van der Waals surface area (Å²) in [5.74, 6) is 0.815. The number of halogens is 1. The second-order valence-corrected chi connectivity index (χ2v) is 9.88. The minimum Gasteiger partial charge on any atom is -0.497 e. The predicted molar refractivity (Wildman–Crippen MR) is 135 cm³/mol. The van der Waals surface area contributed by atoms with Crippen molar-refractivity contribution in [3.63, 3.8) is 0 Å². The van der Waals surface area contributed by atoms with Crippen LogP contribution in [0.1, 0.15) is 52.2 Å². The van der Waals surface area contributed by atoms with Crippen LogP contribution in [0, 0.1) is 0 Å². The van der Waals surface area contributed by atoms with Crippen LogP contribution in [0.3, 0.4) is 0 Å². The third-order valence-corrected chi connectivity index (χ3v) is 5.97. The van der Waals surface area contributed by atoms with Crippen molar-refractivity contribution in [3.05, 3.63) is 58.1 Å². The number of hydrogen-bond donors (Lipinski definition) is 1. The maximum absolute atomic E-state index is 13.2. The molecule has 0 radical (unpaired) electrons. The summed E-state index contributed by atoms with van der Waals surface area (Å²) in [6.07, 6.45) is 0.823. The lowest BCUT2D eigenvalue weighted by atomic mass is 9.87. The third-order valence-electron chi connectivity index (χ3n) is 5.35. The number of carbonyl (C=O) groups excluding carboxylic acids is 2. The molecule has 0 spiro atoms. The van der Waals surface area contributed by atoms with E-state index in [1.54, 1.807) is 14.0 Å². The lowest BCUT2D eigenvalue weighted by Gasteiger charge is -2.29. The first-order chi connectivity index (χ1) is 15.6. The van der Waals surface area contributed by atoms with Gasteiger partial charge in [-0.2, -0.15) is 0 Å². The molecule has 0 saturated carbocycles. The summed E-state index contributed by atoms with van der Waals surface area (Å²) in [6.45, 7) is 10.8. The van der Waals surface area contributed by atoms with Gasteiger partial charge in [-0.3, -0.25) is 9.59 Å². The normalized spacial score (nSPS) is 12.1. The van der Waals surface area contributed by atoms with Crippen molar-refractivity contribution in [2.75, 3.05) is 20.3 Å². The monoisotopic (exact) mass is 518 g/mol. The van der Waals surface area contributed by atoms with Gasteiger partial charge in [-0.15, -0.1) is 0 Å². The van der Waals surface area contributed by atoms with E-state index in [-0.39, 0.29) is 30.4 Å². The number of methoxy groups -OCH3 is 1. The topological polar surface area (TPSA) is 67.9 Å². The molecule has 0 aromatic heterocycles. The van der Waals surface area contributed by atoms with Gasteiger partial charge in [-0.1, -0.05) is 45.9 Å². The number of nitrogens with one attached hydrogen (secondary N) is 1. The molecule has 180 valence electrons. The van der Waals surface area contributed by atoms with E-state index in [4.69, 9.17) is 9.47 Å². The Morgan fingerprint density at radius 1 is 1.15 bits per heavy atom. The van der Waals surface area contributed by atoms with Crippen LogP contribution in [0.25, 0.3) is 0 Å². The molecule has 2 rings (SSSR count). The Morgan fingerprint density at radius 3 is 2.48 bits per heavy atom. The molecule has 0 saturated heterocycles. The maximum atomic E-state index is 13.2. The van der Waals surface area contributed by atoms with Gasteiger partial charge in [0.2, 0.25) is 5.91 Å². The highest BCUT2D eigenvalue weighted by atomic mass is 79.9. The second-order valence-electron chi connectivity index (χ2n) is 9.02. The van der Waals surface area contributed by atoms with Crippen LogP contribution in [-0.2, 0) is 21.5 Å². The van der Waals surface area contributed by atoms with E-state index in [0.717, 1.165) is 22.0 Å². The fraction of sp³-hybridized carbons (Fsp3) is 0.462. The van der Waals surface area contributed by atoms with Crippen LogP contribution in [0.5, 0.6) is 11.5 Å². The van der Waals surface area contributed by atoms with E-state index in [1.807, 2.05) is 49.4 Å². The van der Waals surface area contributed by atoms with Gasteiger partial charge < -0.3 is 19.7 Å². The Morgan fingerprint density at radius 2 is 1.88 bits per heavy atom. The third kappa shape index (κ3) is 7.77. The van der Waals surface area contributed by atoms with E-state index in [2.05, 4.69) is 42.0 Å². The Kier molecular flexibility index (Phi) is 9.77. The summed E-state index contributed by atoms with van der Waals surface area (Å²) in [5, 5.41) is 2.87. The van der Waals surface area contributed by atoms with Crippen molar-refractivity contribution in [3.8, 4) is 11.5 Å². The molecule has 1 atom stereocenters. The Balaban J connectivity index is 2.19. The zero-order chi connectivity index (χ0) is 24.6. The van der Waals surface area contributed by atoms with Gasteiger partial charge in [0.05, 0.1) is 11.6 Å². The summed E-state index contributed by atoms with van der Waals surface area (Å²) in [6, 6.07) is 12.7. The number of nitrogens with zero attached hydrogens (tertiary/aromatic N) is 1. The van der Waals surface area contributed by atoms with Crippen molar-refractivity contribution in [1.29, 1.82) is 0 Å². The SMILES string of the molecule is CCCNC(=O)[C@@H](C)N(Cc1cccc(OC)c1)C(=O)COc1ccc(C(C)(C)C)cc1Br. The number of ether oxygens (including phenoxy) is 2. The molecule has 2 amide bonds. The molecule has 0 unspecified atom stereocenters. The van der Waals surface area contributed by atoms with E-state index in [1.165, 1.54) is 4.90 Å². The van der Waals surface area contributed by atoms with Crippen LogP contribution < -0.4 is 14.8 Å². The van der Waals surface area contributed by atoms with Gasteiger partial charge in [0.25, 0.3) is 5.91 Å². The molecule has 2 aromatic rings. The first kappa shape index (κ1) is 26.7. The van der Waals surface area contributed by atoms with Gasteiger partial charge in [0.15, 0.2) is 6.61 Å². The number of hydrogen-bond acceptors (Lipinski definition) is 4. The minimum absolute atomic E-state index is 0.00565. The minimum atomic E-state index is -0.648. The van der Waals surface area contributed by atoms with Gasteiger partial charge in [0, 0.05) is 13.1 Å².